The number of carboxylic acid groups (broad SMARTS) is 1. The van der Waals surface area contributed by atoms with Gasteiger partial charge in [-0.25, -0.2) is 0 Å². The van der Waals surface area contributed by atoms with Gasteiger partial charge in [0.15, 0.2) is 0 Å². The van der Waals surface area contributed by atoms with Crippen molar-refractivity contribution in [3.8, 4) is 5.75 Å². The molecule has 134 valence electrons. The van der Waals surface area contributed by atoms with E-state index in [9.17, 15) is 9.59 Å². The van der Waals surface area contributed by atoms with Gasteiger partial charge in [-0.05, 0) is 42.2 Å². The average Bonchev–Trinajstić information content (AvgIpc) is 3.27. The molecule has 1 N–H and O–H groups in total. The minimum atomic E-state index is -0.909. The standard InChI is InChI=1S/C19H23NO5/c21-18(6-4-14-3-5-17-15(12-14)8-11-25-17)20(9-7-19(22)23)13-16-2-1-10-24-16/h3-6,12,16H,1-2,7-11,13H2,(H,22,23)/b6-4+. The van der Waals surface area contributed by atoms with Gasteiger partial charge < -0.3 is 19.5 Å². The van der Waals surface area contributed by atoms with Gasteiger partial charge in [-0.3, -0.25) is 9.59 Å². The summed E-state index contributed by atoms with van der Waals surface area (Å²) in [5.41, 5.74) is 2.09. The highest BCUT2D eigenvalue weighted by Gasteiger charge is 2.22. The molecule has 1 saturated heterocycles. The fraction of sp³-hybridized carbons (Fsp3) is 0.474. The van der Waals surface area contributed by atoms with E-state index in [0.29, 0.717) is 19.8 Å². The Kier molecular flexibility index (Phi) is 5.71. The molecule has 6 heteroatoms. The molecule has 1 atom stereocenters. The van der Waals surface area contributed by atoms with E-state index in [1.807, 2.05) is 18.2 Å². The van der Waals surface area contributed by atoms with Crippen molar-refractivity contribution in [1.29, 1.82) is 0 Å². The van der Waals surface area contributed by atoms with E-state index < -0.39 is 5.97 Å². The number of hydrogen-bond donors (Lipinski definition) is 1. The molecule has 2 aliphatic heterocycles. The summed E-state index contributed by atoms with van der Waals surface area (Å²) in [6.07, 6.45) is 5.99. The van der Waals surface area contributed by atoms with Crippen molar-refractivity contribution in [2.75, 3.05) is 26.3 Å². The lowest BCUT2D eigenvalue weighted by Crippen LogP contribution is -2.37. The first kappa shape index (κ1) is 17.5. The van der Waals surface area contributed by atoms with Gasteiger partial charge in [0.1, 0.15) is 5.75 Å². The topological polar surface area (TPSA) is 76.1 Å². The van der Waals surface area contributed by atoms with Crippen molar-refractivity contribution >= 4 is 18.0 Å². The summed E-state index contributed by atoms with van der Waals surface area (Å²) in [6, 6.07) is 5.85. The Bertz CT molecular complexity index is 664. The van der Waals surface area contributed by atoms with Gasteiger partial charge in [0.05, 0.1) is 19.1 Å². The first-order valence-electron chi connectivity index (χ1n) is 8.68. The second-order valence-electron chi connectivity index (χ2n) is 6.36. The van der Waals surface area contributed by atoms with Crippen LogP contribution in [0.4, 0.5) is 0 Å². The van der Waals surface area contributed by atoms with Crippen LogP contribution in [-0.4, -0.2) is 54.3 Å². The van der Waals surface area contributed by atoms with Crippen LogP contribution < -0.4 is 4.74 Å². The van der Waals surface area contributed by atoms with E-state index in [0.717, 1.165) is 36.1 Å². The van der Waals surface area contributed by atoms with Crippen LogP contribution in [0.3, 0.4) is 0 Å². The Morgan fingerprint density at radius 2 is 2.20 bits per heavy atom. The van der Waals surface area contributed by atoms with Crippen molar-refractivity contribution in [3.63, 3.8) is 0 Å². The number of ether oxygens (including phenoxy) is 2. The molecule has 0 spiro atoms. The summed E-state index contributed by atoms with van der Waals surface area (Å²) in [5, 5.41) is 8.90. The molecule has 1 aromatic carbocycles. The Balaban J connectivity index is 1.64. The van der Waals surface area contributed by atoms with E-state index >= 15 is 0 Å². The van der Waals surface area contributed by atoms with Crippen LogP contribution in [0.2, 0.25) is 0 Å². The van der Waals surface area contributed by atoms with Crippen LogP contribution in [0, 0.1) is 0 Å². The maximum Gasteiger partial charge on any atom is 0.305 e. The lowest BCUT2D eigenvalue weighted by Gasteiger charge is -2.23. The highest BCUT2D eigenvalue weighted by Crippen LogP contribution is 2.26. The van der Waals surface area contributed by atoms with Crippen molar-refractivity contribution in [2.24, 2.45) is 0 Å². The Hall–Kier alpha value is -2.34. The van der Waals surface area contributed by atoms with Crippen LogP contribution in [0.1, 0.15) is 30.4 Å². The fourth-order valence-corrected chi connectivity index (χ4v) is 3.14. The van der Waals surface area contributed by atoms with Crippen molar-refractivity contribution < 1.29 is 24.2 Å². The van der Waals surface area contributed by atoms with E-state index in [-0.39, 0.29) is 25.0 Å². The number of nitrogens with zero attached hydrogens (tertiary/aromatic N) is 1. The number of amides is 1. The molecule has 3 rings (SSSR count). The quantitative estimate of drug-likeness (QED) is 0.766. The van der Waals surface area contributed by atoms with Crippen LogP contribution in [0.15, 0.2) is 24.3 Å². The molecule has 2 heterocycles. The Morgan fingerprint density at radius 1 is 1.32 bits per heavy atom. The lowest BCUT2D eigenvalue weighted by molar-refractivity contribution is -0.138. The number of fused-ring (bicyclic) bond motifs is 1. The smallest absolute Gasteiger partial charge is 0.305 e. The van der Waals surface area contributed by atoms with Gasteiger partial charge in [0.2, 0.25) is 5.91 Å². The third-order valence-electron chi connectivity index (χ3n) is 4.49. The second kappa shape index (κ2) is 8.16. The molecule has 0 aliphatic carbocycles. The van der Waals surface area contributed by atoms with E-state index in [2.05, 4.69) is 0 Å². The molecule has 1 amide bonds. The molecule has 0 bridgehead atoms. The van der Waals surface area contributed by atoms with Crippen molar-refractivity contribution in [2.45, 2.75) is 31.8 Å². The third kappa shape index (κ3) is 4.82. The number of rotatable bonds is 7. The molecule has 0 aromatic heterocycles. The summed E-state index contributed by atoms with van der Waals surface area (Å²) < 4.78 is 11.1. The van der Waals surface area contributed by atoms with E-state index in [1.54, 1.807) is 11.0 Å². The zero-order chi connectivity index (χ0) is 17.6. The summed E-state index contributed by atoms with van der Waals surface area (Å²) in [5.74, 6) is -0.189. The van der Waals surface area contributed by atoms with Gasteiger partial charge in [0.25, 0.3) is 0 Å². The lowest BCUT2D eigenvalue weighted by atomic mass is 10.1. The van der Waals surface area contributed by atoms with Crippen LogP contribution in [0.5, 0.6) is 5.75 Å². The molecule has 6 nitrogen and oxygen atoms in total. The highest BCUT2D eigenvalue weighted by molar-refractivity contribution is 5.92. The normalized spacial score (nSPS) is 19.0. The molecule has 2 aliphatic rings. The maximum absolute atomic E-state index is 12.5. The zero-order valence-electron chi connectivity index (χ0n) is 14.1. The van der Waals surface area contributed by atoms with Crippen LogP contribution in [0.25, 0.3) is 6.08 Å². The zero-order valence-corrected chi connectivity index (χ0v) is 14.1. The van der Waals surface area contributed by atoms with Gasteiger partial charge in [-0.15, -0.1) is 0 Å². The summed E-state index contributed by atoms with van der Waals surface area (Å²) in [4.78, 5) is 24.9. The molecule has 0 radical (unpaired) electrons. The fourth-order valence-electron chi connectivity index (χ4n) is 3.14. The van der Waals surface area contributed by atoms with Gasteiger partial charge in [-0.2, -0.15) is 0 Å². The molecule has 1 aromatic rings. The summed E-state index contributed by atoms with van der Waals surface area (Å²) in [6.45, 7) is 2.04. The number of aliphatic carboxylic acids is 1. The molecular formula is C19H23NO5. The highest BCUT2D eigenvalue weighted by atomic mass is 16.5. The van der Waals surface area contributed by atoms with Crippen LogP contribution >= 0.6 is 0 Å². The number of benzene rings is 1. The molecule has 25 heavy (non-hydrogen) atoms. The molecule has 0 saturated carbocycles. The van der Waals surface area contributed by atoms with Gasteiger partial charge in [-0.1, -0.05) is 6.07 Å². The predicted molar refractivity (Wildman–Crippen MR) is 92.5 cm³/mol. The summed E-state index contributed by atoms with van der Waals surface area (Å²) in [7, 11) is 0. The second-order valence-corrected chi connectivity index (χ2v) is 6.36. The van der Waals surface area contributed by atoms with Crippen molar-refractivity contribution in [3.05, 3.63) is 35.4 Å². The molecular weight excluding hydrogens is 322 g/mol. The Labute approximate surface area is 147 Å². The first-order chi connectivity index (χ1) is 12.1. The minimum Gasteiger partial charge on any atom is -0.493 e. The number of hydrogen-bond acceptors (Lipinski definition) is 4. The number of carboxylic acids is 1. The predicted octanol–water partition coefficient (Wildman–Crippen LogP) is 2.12. The van der Waals surface area contributed by atoms with Crippen LogP contribution in [-0.2, 0) is 20.7 Å². The van der Waals surface area contributed by atoms with Gasteiger partial charge >= 0.3 is 5.97 Å². The SMILES string of the molecule is O=C(O)CCN(CC1CCCO1)C(=O)/C=C/c1ccc2c(c1)CCO2. The van der Waals surface area contributed by atoms with E-state index in [1.165, 1.54) is 6.08 Å². The number of carbonyl (C=O) groups excluding carboxylic acids is 1. The minimum absolute atomic E-state index is 0.00304. The van der Waals surface area contributed by atoms with Gasteiger partial charge in [0, 0.05) is 32.2 Å². The monoisotopic (exact) mass is 345 g/mol. The van der Waals surface area contributed by atoms with Crippen molar-refractivity contribution in [1.82, 2.24) is 4.90 Å². The summed E-state index contributed by atoms with van der Waals surface area (Å²) >= 11 is 0. The maximum atomic E-state index is 12.5. The van der Waals surface area contributed by atoms with E-state index in [4.69, 9.17) is 14.6 Å². The first-order valence-corrected chi connectivity index (χ1v) is 8.68. The Morgan fingerprint density at radius 3 is 2.96 bits per heavy atom. The average molecular weight is 345 g/mol. The number of carbonyl (C=O) groups is 2. The largest absolute Gasteiger partial charge is 0.493 e. The molecule has 1 unspecified atom stereocenters. The third-order valence-corrected chi connectivity index (χ3v) is 4.49. The molecule has 1 fully saturated rings.